The van der Waals surface area contributed by atoms with Crippen LogP contribution in [0.2, 0.25) is 0 Å². The molecule has 5 nitrogen and oxygen atoms in total. The summed E-state index contributed by atoms with van der Waals surface area (Å²) in [5.74, 6) is 1.58. The Balaban J connectivity index is 1.56. The van der Waals surface area contributed by atoms with Gasteiger partial charge in [0.25, 0.3) is 0 Å². The molecule has 1 amide bonds. The number of piperidine rings is 1. The predicted octanol–water partition coefficient (Wildman–Crippen LogP) is 1.77. The number of aromatic nitrogens is 1. The third kappa shape index (κ3) is 3.50. The van der Waals surface area contributed by atoms with Crippen LogP contribution in [0.15, 0.2) is 18.3 Å². The number of carbonyl (C=O) groups excluding carboxylic acids is 1. The summed E-state index contributed by atoms with van der Waals surface area (Å²) in [4.78, 5) is 23.9. The van der Waals surface area contributed by atoms with Crippen LogP contribution in [0.3, 0.4) is 0 Å². The Hall–Kier alpha value is -1.62. The normalized spacial score (nSPS) is 23.3. The van der Waals surface area contributed by atoms with E-state index >= 15 is 0 Å². The van der Waals surface area contributed by atoms with Gasteiger partial charge in [-0.1, -0.05) is 6.07 Å². The fraction of sp³-hybridized carbons (Fsp3) is 0.667. The third-order valence-electron chi connectivity index (χ3n) is 5.39. The smallest absolute Gasteiger partial charge is 0.225 e. The third-order valence-corrected chi connectivity index (χ3v) is 5.39. The molecule has 1 aromatic heterocycles. The van der Waals surface area contributed by atoms with Crippen LogP contribution >= 0.6 is 0 Å². The van der Waals surface area contributed by atoms with Crippen molar-refractivity contribution in [1.82, 2.24) is 14.8 Å². The molecular weight excluding hydrogens is 288 g/mol. The molecular formula is C18H28N4O. The Labute approximate surface area is 139 Å². The van der Waals surface area contributed by atoms with E-state index in [0.29, 0.717) is 11.9 Å². The monoisotopic (exact) mass is 316 g/mol. The highest BCUT2D eigenvalue weighted by atomic mass is 16.2. The molecule has 0 aromatic carbocycles. The SMILES string of the molecule is Cc1cccnc1N1CCC(C(=O)N(C)C2CCN(C)C2)CC1. The van der Waals surface area contributed by atoms with Crippen LogP contribution in [0.4, 0.5) is 5.82 Å². The van der Waals surface area contributed by atoms with Gasteiger partial charge in [-0.25, -0.2) is 4.98 Å². The molecule has 5 heteroatoms. The Kier molecular flexibility index (Phi) is 4.85. The van der Waals surface area contributed by atoms with Gasteiger partial charge in [0.05, 0.1) is 0 Å². The van der Waals surface area contributed by atoms with E-state index in [4.69, 9.17) is 0 Å². The number of aryl methyl sites for hydroxylation is 1. The summed E-state index contributed by atoms with van der Waals surface area (Å²) in [6, 6.07) is 4.47. The van der Waals surface area contributed by atoms with E-state index in [-0.39, 0.29) is 5.92 Å². The van der Waals surface area contributed by atoms with Crippen molar-refractivity contribution in [2.45, 2.75) is 32.2 Å². The zero-order chi connectivity index (χ0) is 16.4. The molecule has 2 aliphatic heterocycles. The largest absolute Gasteiger partial charge is 0.356 e. The Bertz CT molecular complexity index is 554. The minimum Gasteiger partial charge on any atom is -0.356 e. The summed E-state index contributed by atoms with van der Waals surface area (Å²) in [7, 11) is 4.12. The first-order chi connectivity index (χ1) is 11.1. The van der Waals surface area contributed by atoms with E-state index in [2.05, 4.69) is 34.8 Å². The first kappa shape index (κ1) is 16.2. The summed E-state index contributed by atoms with van der Waals surface area (Å²) in [5, 5.41) is 0. The lowest BCUT2D eigenvalue weighted by Crippen LogP contribution is -2.45. The number of pyridine rings is 1. The van der Waals surface area contributed by atoms with Crippen molar-refractivity contribution in [3.63, 3.8) is 0 Å². The predicted molar refractivity (Wildman–Crippen MR) is 92.6 cm³/mol. The quantitative estimate of drug-likeness (QED) is 0.852. The number of likely N-dealkylation sites (N-methyl/N-ethyl adjacent to an activating group) is 2. The Morgan fingerprint density at radius 1 is 1.26 bits per heavy atom. The lowest BCUT2D eigenvalue weighted by atomic mass is 9.94. The molecule has 2 aliphatic rings. The molecule has 3 heterocycles. The summed E-state index contributed by atoms with van der Waals surface area (Å²) in [5.41, 5.74) is 1.21. The van der Waals surface area contributed by atoms with E-state index < -0.39 is 0 Å². The van der Waals surface area contributed by atoms with Gasteiger partial charge < -0.3 is 14.7 Å². The van der Waals surface area contributed by atoms with Crippen LogP contribution < -0.4 is 4.90 Å². The second-order valence-corrected chi connectivity index (χ2v) is 7.06. The first-order valence-corrected chi connectivity index (χ1v) is 8.68. The molecule has 2 saturated heterocycles. The average molecular weight is 316 g/mol. The number of hydrogen-bond acceptors (Lipinski definition) is 4. The maximum atomic E-state index is 12.8. The van der Waals surface area contributed by atoms with Gasteiger partial charge in [0.1, 0.15) is 5.82 Å². The molecule has 2 fully saturated rings. The number of carbonyl (C=O) groups is 1. The second kappa shape index (κ2) is 6.87. The van der Waals surface area contributed by atoms with E-state index in [0.717, 1.165) is 51.3 Å². The first-order valence-electron chi connectivity index (χ1n) is 8.68. The van der Waals surface area contributed by atoms with Gasteiger partial charge in [-0.2, -0.15) is 0 Å². The van der Waals surface area contributed by atoms with Crippen molar-refractivity contribution in [3.05, 3.63) is 23.9 Å². The number of hydrogen-bond donors (Lipinski definition) is 0. The lowest BCUT2D eigenvalue weighted by molar-refractivity contribution is -0.136. The van der Waals surface area contributed by atoms with Gasteiger partial charge in [0.15, 0.2) is 0 Å². The van der Waals surface area contributed by atoms with Crippen molar-refractivity contribution >= 4 is 11.7 Å². The van der Waals surface area contributed by atoms with E-state index in [1.54, 1.807) is 0 Å². The van der Waals surface area contributed by atoms with Gasteiger partial charge in [-0.05, 0) is 51.4 Å². The maximum Gasteiger partial charge on any atom is 0.225 e. The average Bonchev–Trinajstić information content (AvgIpc) is 3.01. The lowest BCUT2D eigenvalue weighted by Gasteiger charge is -2.35. The molecule has 1 aromatic rings. The van der Waals surface area contributed by atoms with Crippen LogP contribution in [0.5, 0.6) is 0 Å². The molecule has 23 heavy (non-hydrogen) atoms. The molecule has 0 radical (unpaired) electrons. The molecule has 3 rings (SSSR count). The van der Waals surface area contributed by atoms with E-state index in [1.165, 1.54) is 5.56 Å². The van der Waals surface area contributed by atoms with Crippen LogP contribution in [0.1, 0.15) is 24.8 Å². The molecule has 0 aliphatic carbocycles. The van der Waals surface area contributed by atoms with Crippen molar-refractivity contribution < 1.29 is 4.79 Å². The Morgan fingerprint density at radius 2 is 2.00 bits per heavy atom. The molecule has 1 unspecified atom stereocenters. The zero-order valence-electron chi connectivity index (χ0n) is 14.5. The fourth-order valence-electron chi connectivity index (χ4n) is 3.84. The van der Waals surface area contributed by atoms with Gasteiger partial charge in [0, 0.05) is 44.8 Å². The Morgan fingerprint density at radius 3 is 2.61 bits per heavy atom. The summed E-state index contributed by atoms with van der Waals surface area (Å²) in [6.45, 7) is 6.05. The van der Waals surface area contributed by atoms with Crippen molar-refractivity contribution in [3.8, 4) is 0 Å². The summed E-state index contributed by atoms with van der Waals surface area (Å²) in [6.07, 6.45) is 4.82. The fourth-order valence-corrected chi connectivity index (χ4v) is 3.84. The van der Waals surface area contributed by atoms with Gasteiger partial charge in [-0.3, -0.25) is 4.79 Å². The molecule has 0 spiro atoms. The van der Waals surface area contributed by atoms with Crippen LogP contribution in [-0.4, -0.2) is 67.0 Å². The van der Waals surface area contributed by atoms with Gasteiger partial charge in [-0.15, -0.1) is 0 Å². The molecule has 0 N–H and O–H groups in total. The maximum absolute atomic E-state index is 12.8. The summed E-state index contributed by atoms with van der Waals surface area (Å²) < 4.78 is 0. The topological polar surface area (TPSA) is 39.7 Å². The minimum absolute atomic E-state index is 0.172. The van der Waals surface area contributed by atoms with E-state index in [1.807, 2.05) is 24.2 Å². The number of anilines is 1. The standard InChI is InChI=1S/C18H28N4O/c1-14-5-4-9-19-17(14)22-11-6-15(7-12-22)18(23)21(3)16-8-10-20(2)13-16/h4-5,9,15-16H,6-8,10-13H2,1-3H3. The van der Waals surface area contributed by atoms with Gasteiger partial charge >= 0.3 is 0 Å². The molecule has 1 atom stereocenters. The van der Waals surface area contributed by atoms with Crippen LogP contribution in [0.25, 0.3) is 0 Å². The molecule has 126 valence electrons. The highest BCUT2D eigenvalue weighted by molar-refractivity contribution is 5.79. The van der Waals surface area contributed by atoms with Crippen molar-refractivity contribution in [2.24, 2.45) is 5.92 Å². The highest BCUT2D eigenvalue weighted by Gasteiger charge is 2.32. The molecule has 0 bridgehead atoms. The van der Waals surface area contributed by atoms with Crippen molar-refractivity contribution in [2.75, 3.05) is 45.2 Å². The van der Waals surface area contributed by atoms with Gasteiger partial charge in [0.2, 0.25) is 5.91 Å². The number of rotatable bonds is 3. The number of likely N-dealkylation sites (tertiary alicyclic amines) is 1. The minimum atomic E-state index is 0.172. The summed E-state index contributed by atoms with van der Waals surface area (Å²) >= 11 is 0. The number of nitrogens with zero attached hydrogens (tertiary/aromatic N) is 4. The second-order valence-electron chi connectivity index (χ2n) is 7.06. The zero-order valence-corrected chi connectivity index (χ0v) is 14.5. The number of amides is 1. The molecule has 0 saturated carbocycles. The van der Waals surface area contributed by atoms with Crippen LogP contribution in [0, 0.1) is 12.8 Å². The van der Waals surface area contributed by atoms with E-state index in [9.17, 15) is 4.79 Å². The van der Waals surface area contributed by atoms with Crippen LogP contribution in [-0.2, 0) is 4.79 Å². The van der Waals surface area contributed by atoms with Crippen molar-refractivity contribution in [1.29, 1.82) is 0 Å². The highest BCUT2D eigenvalue weighted by Crippen LogP contribution is 2.26.